The van der Waals surface area contributed by atoms with E-state index in [1.807, 2.05) is 0 Å². The van der Waals surface area contributed by atoms with Crippen LogP contribution in [-0.2, 0) is 0 Å². The molecule has 1 aromatic carbocycles. The zero-order valence-corrected chi connectivity index (χ0v) is 8.70. The van der Waals surface area contributed by atoms with Crippen LogP contribution >= 0.6 is 0 Å². The second-order valence-electron chi connectivity index (χ2n) is 3.03. The molecule has 0 N–H and O–H groups in total. The molecule has 2 aromatic rings. The second-order valence-corrected chi connectivity index (χ2v) is 4.95. The van der Waals surface area contributed by atoms with E-state index < -0.39 is 0 Å². The molecule has 0 aliphatic carbocycles. The predicted molar refractivity (Wildman–Crippen MR) is 55.4 cm³/mol. The van der Waals surface area contributed by atoms with E-state index in [-0.39, 0.29) is 0 Å². The molecule has 1 aliphatic rings. The van der Waals surface area contributed by atoms with Gasteiger partial charge in [0.1, 0.15) is 0 Å². The summed E-state index contributed by atoms with van der Waals surface area (Å²) in [6, 6.07) is 6.43. The molecule has 0 atom stereocenters. The van der Waals surface area contributed by atoms with Crippen molar-refractivity contribution in [3.05, 3.63) is 34.8 Å². The van der Waals surface area contributed by atoms with Crippen LogP contribution in [-0.4, -0.2) is 21.1 Å². The molecule has 0 bridgehead atoms. The van der Waals surface area contributed by atoms with Crippen LogP contribution in [0, 0.1) is 0 Å². The Morgan fingerprint density at radius 3 is 3.23 bits per heavy atom. The van der Waals surface area contributed by atoms with Gasteiger partial charge in [0.2, 0.25) is 0 Å². The second kappa shape index (κ2) is 2.76. The quantitative estimate of drug-likeness (QED) is 0.636. The first kappa shape index (κ1) is 7.43. The van der Waals surface area contributed by atoms with Gasteiger partial charge in [0.25, 0.3) is 0 Å². The summed E-state index contributed by atoms with van der Waals surface area (Å²) in [5.74, 6) is 1.05. The molecule has 2 heteroatoms. The van der Waals surface area contributed by atoms with Crippen LogP contribution in [0.4, 0.5) is 0 Å². The molecule has 1 aromatic heterocycles. The first-order valence-electron chi connectivity index (χ1n) is 4.25. The van der Waals surface area contributed by atoms with Crippen molar-refractivity contribution in [2.24, 2.45) is 0 Å². The Balaban J connectivity index is 2.43. The summed E-state index contributed by atoms with van der Waals surface area (Å²) in [6.45, 7) is 0.714. The van der Waals surface area contributed by atoms with Crippen LogP contribution in [0.15, 0.2) is 29.2 Å². The molecule has 3 rings (SSSR count). The van der Waals surface area contributed by atoms with E-state index in [0.29, 0.717) is 21.1 Å². The molecule has 13 heavy (non-hydrogen) atoms. The van der Waals surface area contributed by atoms with Crippen LogP contribution in [0.5, 0.6) is 5.75 Å². The van der Waals surface area contributed by atoms with Gasteiger partial charge in [-0.2, -0.15) is 0 Å². The Labute approximate surface area is 82.4 Å². The molecule has 0 saturated carbocycles. The number of hydrogen-bond donors (Lipinski definition) is 0. The first-order valence-corrected chi connectivity index (χ1v) is 6.09. The van der Waals surface area contributed by atoms with Crippen molar-refractivity contribution in [1.29, 1.82) is 0 Å². The van der Waals surface area contributed by atoms with E-state index in [4.69, 9.17) is 4.74 Å². The topological polar surface area (TPSA) is 9.23 Å². The van der Waals surface area contributed by atoms with Gasteiger partial charge in [0, 0.05) is 0 Å². The molecule has 1 nitrogen and oxygen atoms in total. The van der Waals surface area contributed by atoms with Gasteiger partial charge < -0.3 is 0 Å². The van der Waals surface area contributed by atoms with Crippen molar-refractivity contribution in [2.45, 2.75) is 0 Å². The molecular weight excluding hydrogens is 227 g/mol. The average Bonchev–Trinajstić information content (AvgIpc) is 2.65. The standard InChI is InChI=1S/C11H8OSe/c1-2-9-10(12-6-1)4-3-8-5-7-13-11(8)9/h1-5,7H,6H2. The molecule has 0 unspecified atom stereocenters. The Bertz CT molecular complexity index is 482. The molecule has 2 heterocycles. The van der Waals surface area contributed by atoms with Crippen molar-refractivity contribution in [3.63, 3.8) is 0 Å². The average molecular weight is 235 g/mol. The molecule has 1 aliphatic heterocycles. The third kappa shape index (κ3) is 1.06. The van der Waals surface area contributed by atoms with Crippen molar-refractivity contribution >= 4 is 30.2 Å². The third-order valence-electron chi connectivity index (χ3n) is 2.24. The van der Waals surface area contributed by atoms with Gasteiger partial charge in [0.05, 0.1) is 0 Å². The Kier molecular flexibility index (Phi) is 1.58. The van der Waals surface area contributed by atoms with E-state index >= 15 is 0 Å². The van der Waals surface area contributed by atoms with Crippen LogP contribution in [0.3, 0.4) is 0 Å². The van der Waals surface area contributed by atoms with Crippen LogP contribution in [0.2, 0.25) is 0 Å². The first-order chi connectivity index (χ1) is 6.45. The Morgan fingerprint density at radius 1 is 1.23 bits per heavy atom. The van der Waals surface area contributed by atoms with Gasteiger partial charge in [-0.25, -0.2) is 0 Å². The number of hydrogen-bond acceptors (Lipinski definition) is 1. The minimum absolute atomic E-state index is 0.506. The Morgan fingerprint density at radius 2 is 2.23 bits per heavy atom. The van der Waals surface area contributed by atoms with Crippen molar-refractivity contribution in [1.82, 2.24) is 0 Å². The van der Waals surface area contributed by atoms with Crippen LogP contribution < -0.4 is 4.74 Å². The van der Waals surface area contributed by atoms with Crippen LogP contribution in [0.25, 0.3) is 15.7 Å². The van der Waals surface area contributed by atoms with E-state index in [1.54, 1.807) is 0 Å². The van der Waals surface area contributed by atoms with Gasteiger partial charge >= 0.3 is 82.1 Å². The van der Waals surface area contributed by atoms with E-state index in [0.717, 1.165) is 5.75 Å². The summed E-state index contributed by atoms with van der Waals surface area (Å²) >= 11 is 0.506. The fourth-order valence-electron chi connectivity index (χ4n) is 1.62. The maximum absolute atomic E-state index is 5.54. The van der Waals surface area contributed by atoms with Crippen molar-refractivity contribution < 1.29 is 4.74 Å². The monoisotopic (exact) mass is 236 g/mol. The molecule has 0 spiro atoms. The normalized spacial score (nSPS) is 14.2. The fraction of sp³-hybridized carbons (Fsp3) is 0.0909. The fourth-order valence-corrected chi connectivity index (χ4v) is 3.55. The zero-order valence-electron chi connectivity index (χ0n) is 6.99. The molecular formula is C11H8OSe. The van der Waals surface area contributed by atoms with Crippen molar-refractivity contribution in [3.8, 4) is 5.75 Å². The van der Waals surface area contributed by atoms with E-state index in [1.165, 1.54) is 15.2 Å². The molecule has 64 valence electrons. The molecule has 0 amide bonds. The van der Waals surface area contributed by atoms with Gasteiger partial charge in [0.15, 0.2) is 0 Å². The van der Waals surface area contributed by atoms with Gasteiger partial charge in [-0.3, -0.25) is 0 Å². The number of ether oxygens (including phenoxy) is 1. The summed E-state index contributed by atoms with van der Waals surface area (Å²) in [5.41, 5.74) is 1.30. The summed E-state index contributed by atoms with van der Waals surface area (Å²) in [7, 11) is 0. The zero-order chi connectivity index (χ0) is 8.67. The van der Waals surface area contributed by atoms with Crippen LogP contribution in [0.1, 0.15) is 5.56 Å². The summed E-state index contributed by atoms with van der Waals surface area (Å²) in [6.07, 6.45) is 4.27. The number of fused-ring (bicyclic) bond motifs is 3. The van der Waals surface area contributed by atoms with Gasteiger partial charge in [-0.1, -0.05) is 0 Å². The molecule has 0 saturated heterocycles. The number of benzene rings is 1. The van der Waals surface area contributed by atoms with E-state index in [9.17, 15) is 0 Å². The summed E-state index contributed by atoms with van der Waals surface area (Å²) in [5, 5.41) is 1.37. The SMILES string of the molecule is C1=Cc2c(ccc3cc[se]c23)OC1. The van der Waals surface area contributed by atoms with Gasteiger partial charge in [-0.05, 0) is 0 Å². The maximum atomic E-state index is 5.54. The molecule has 0 radical (unpaired) electrons. The third-order valence-corrected chi connectivity index (χ3v) is 4.26. The summed E-state index contributed by atoms with van der Waals surface area (Å²) in [4.78, 5) is 2.26. The van der Waals surface area contributed by atoms with E-state index in [2.05, 4.69) is 35.3 Å². The minimum atomic E-state index is 0.506. The summed E-state index contributed by atoms with van der Waals surface area (Å²) < 4.78 is 7.02. The number of rotatable bonds is 0. The van der Waals surface area contributed by atoms with Gasteiger partial charge in [-0.15, -0.1) is 0 Å². The van der Waals surface area contributed by atoms with Crippen molar-refractivity contribution in [2.75, 3.05) is 6.61 Å². The predicted octanol–water partition coefficient (Wildman–Crippen LogP) is 2.30. The molecule has 0 fully saturated rings. The Hall–Kier alpha value is -0.981.